The smallest absolute Gasteiger partial charge is 0.475 e. The van der Waals surface area contributed by atoms with E-state index in [1.807, 2.05) is 32.9 Å². The van der Waals surface area contributed by atoms with Gasteiger partial charge in [-0.25, -0.2) is 13.2 Å². The molecule has 9 nitrogen and oxygen atoms in total. The Labute approximate surface area is 214 Å². The van der Waals surface area contributed by atoms with Crippen molar-refractivity contribution in [3.05, 3.63) is 53.1 Å². The number of amides is 1. The first-order valence-corrected chi connectivity index (χ1v) is 12.9. The second kappa shape index (κ2) is 12.3. The lowest BCUT2D eigenvalue weighted by molar-refractivity contribution is -0.192. The predicted octanol–water partition coefficient (Wildman–Crippen LogP) is 3.29. The number of piperazine rings is 1. The average molecular weight is 545 g/mol. The van der Waals surface area contributed by atoms with Crippen molar-refractivity contribution in [3.8, 4) is 0 Å². The zero-order valence-electron chi connectivity index (χ0n) is 20.9. The molecule has 0 saturated carbocycles. The molecule has 0 bridgehead atoms. The molecule has 2 aromatic rings. The molecule has 1 saturated heterocycles. The van der Waals surface area contributed by atoms with Crippen LogP contribution >= 0.6 is 0 Å². The number of benzene rings is 2. The molecule has 1 amide bonds. The molecule has 37 heavy (non-hydrogen) atoms. The number of carboxylic acid groups (broad SMARTS) is 1. The van der Waals surface area contributed by atoms with Crippen LogP contribution < -0.4 is 20.3 Å². The molecule has 1 aliphatic rings. The number of carbonyl (C=O) groups excluding carboxylic acids is 1. The Balaban J connectivity index is 0.000000604. The summed E-state index contributed by atoms with van der Waals surface area (Å²) in [6, 6.07) is 10.5. The Morgan fingerprint density at radius 3 is 2.19 bits per heavy atom. The van der Waals surface area contributed by atoms with Crippen molar-refractivity contribution in [3.63, 3.8) is 0 Å². The average Bonchev–Trinajstić information content (AvgIpc) is 2.80. The van der Waals surface area contributed by atoms with Crippen molar-refractivity contribution in [2.24, 2.45) is 0 Å². The Morgan fingerprint density at radius 2 is 1.65 bits per heavy atom. The fourth-order valence-electron chi connectivity index (χ4n) is 3.48. The molecular formula is C24H31F3N4O5S. The quantitative estimate of drug-likeness (QED) is 0.440. The summed E-state index contributed by atoms with van der Waals surface area (Å²) in [5.74, 6) is -2.99. The first-order valence-electron chi connectivity index (χ1n) is 11.4. The highest BCUT2D eigenvalue weighted by Crippen LogP contribution is 2.31. The molecule has 0 unspecified atom stereocenters. The van der Waals surface area contributed by atoms with Crippen LogP contribution in [0.1, 0.15) is 35.3 Å². The second-order valence-corrected chi connectivity index (χ2v) is 10.4. The van der Waals surface area contributed by atoms with Gasteiger partial charge in [0.05, 0.1) is 16.3 Å². The van der Waals surface area contributed by atoms with Crippen LogP contribution in [0.25, 0.3) is 0 Å². The minimum Gasteiger partial charge on any atom is -0.475 e. The van der Waals surface area contributed by atoms with Gasteiger partial charge in [0.15, 0.2) is 0 Å². The van der Waals surface area contributed by atoms with Crippen molar-refractivity contribution < 1.29 is 36.3 Å². The summed E-state index contributed by atoms with van der Waals surface area (Å²) in [5, 5.41) is 13.3. The summed E-state index contributed by atoms with van der Waals surface area (Å²) in [6.45, 7) is 10.6. The van der Waals surface area contributed by atoms with Crippen molar-refractivity contribution in [1.29, 1.82) is 0 Å². The molecule has 0 spiro atoms. The number of anilines is 2. The number of carbonyl (C=O) groups is 2. The maximum Gasteiger partial charge on any atom is 0.490 e. The largest absolute Gasteiger partial charge is 0.490 e. The van der Waals surface area contributed by atoms with E-state index in [9.17, 15) is 26.4 Å². The third-order valence-corrected chi connectivity index (χ3v) is 6.76. The third kappa shape index (κ3) is 8.64. The van der Waals surface area contributed by atoms with E-state index in [0.29, 0.717) is 16.8 Å². The maximum absolute atomic E-state index is 13.2. The summed E-state index contributed by atoms with van der Waals surface area (Å²) in [6.07, 6.45) is -5.08. The molecule has 4 N–H and O–H groups in total. The lowest BCUT2D eigenvalue weighted by Gasteiger charge is -2.31. The van der Waals surface area contributed by atoms with Gasteiger partial charge in [0, 0.05) is 37.8 Å². The third-order valence-electron chi connectivity index (χ3n) is 5.26. The molecule has 0 atom stereocenters. The molecule has 1 heterocycles. The zero-order valence-corrected chi connectivity index (χ0v) is 21.8. The van der Waals surface area contributed by atoms with Gasteiger partial charge < -0.3 is 20.6 Å². The summed E-state index contributed by atoms with van der Waals surface area (Å²) < 4.78 is 60.9. The molecule has 1 aliphatic heterocycles. The zero-order chi connectivity index (χ0) is 28.0. The molecule has 0 radical (unpaired) electrons. The van der Waals surface area contributed by atoms with Crippen LogP contribution in [0.4, 0.5) is 24.5 Å². The maximum atomic E-state index is 13.2. The minimum absolute atomic E-state index is 0.0135. The van der Waals surface area contributed by atoms with E-state index in [4.69, 9.17) is 9.90 Å². The predicted molar refractivity (Wildman–Crippen MR) is 135 cm³/mol. The van der Waals surface area contributed by atoms with Gasteiger partial charge in [0.2, 0.25) is 0 Å². The number of aliphatic carboxylic acids is 1. The molecule has 13 heteroatoms. The lowest BCUT2D eigenvalue weighted by atomic mass is 10.1. The topological polar surface area (TPSA) is 128 Å². The Kier molecular flexibility index (Phi) is 9.93. The molecule has 3 rings (SSSR count). The first-order chi connectivity index (χ1) is 17.1. The van der Waals surface area contributed by atoms with E-state index >= 15 is 0 Å². The molecule has 0 aliphatic carbocycles. The number of carboxylic acids is 1. The number of hydrogen-bond acceptors (Lipinski definition) is 6. The van der Waals surface area contributed by atoms with Gasteiger partial charge in [-0.1, -0.05) is 12.1 Å². The van der Waals surface area contributed by atoms with Gasteiger partial charge in [0.1, 0.15) is 0 Å². The number of rotatable bonds is 6. The van der Waals surface area contributed by atoms with Crippen molar-refractivity contribution >= 4 is 33.3 Å². The van der Waals surface area contributed by atoms with E-state index < -0.39 is 22.2 Å². The molecule has 0 aromatic heterocycles. The number of sulfonamides is 1. The van der Waals surface area contributed by atoms with Crippen LogP contribution in [0.2, 0.25) is 0 Å². The van der Waals surface area contributed by atoms with Crippen molar-refractivity contribution in [2.75, 3.05) is 35.8 Å². The van der Waals surface area contributed by atoms with E-state index in [-0.39, 0.29) is 16.8 Å². The molecule has 1 fully saturated rings. The lowest BCUT2D eigenvalue weighted by Crippen LogP contribution is -2.43. The minimum atomic E-state index is -5.08. The molecular weight excluding hydrogens is 513 g/mol. The van der Waals surface area contributed by atoms with Crippen LogP contribution in [0.3, 0.4) is 0 Å². The van der Waals surface area contributed by atoms with E-state index in [2.05, 4.69) is 20.3 Å². The monoisotopic (exact) mass is 544 g/mol. The van der Waals surface area contributed by atoms with Crippen LogP contribution in [-0.2, 0) is 14.8 Å². The second-order valence-electron chi connectivity index (χ2n) is 8.77. The number of nitrogens with one attached hydrogen (secondary N) is 3. The Bertz CT molecular complexity index is 1230. The van der Waals surface area contributed by atoms with Gasteiger partial charge in [0.25, 0.3) is 15.9 Å². The fraction of sp³-hybridized carbons (Fsp3) is 0.417. The van der Waals surface area contributed by atoms with E-state index in [1.165, 1.54) is 0 Å². The normalized spacial score (nSPS) is 14.0. The summed E-state index contributed by atoms with van der Waals surface area (Å²) >= 11 is 0. The van der Waals surface area contributed by atoms with E-state index in [1.54, 1.807) is 31.2 Å². The highest BCUT2D eigenvalue weighted by atomic mass is 32.2. The van der Waals surface area contributed by atoms with Crippen LogP contribution in [0.15, 0.2) is 41.3 Å². The molecule has 204 valence electrons. The highest BCUT2D eigenvalue weighted by Gasteiger charge is 2.38. The van der Waals surface area contributed by atoms with Crippen LogP contribution in [-0.4, -0.2) is 63.8 Å². The van der Waals surface area contributed by atoms with Crippen molar-refractivity contribution in [2.45, 2.75) is 44.8 Å². The SMILES string of the molecule is Cc1ccc(C)c(S(=O)(=O)Nc2cc(C(=O)NC(C)C)ccc2N2CCNCC2)c1.O=C(O)C(F)(F)F. The Morgan fingerprint density at radius 1 is 1.05 bits per heavy atom. The van der Waals surface area contributed by atoms with Gasteiger partial charge in [-0.2, -0.15) is 13.2 Å². The first kappa shape index (κ1) is 29.9. The van der Waals surface area contributed by atoms with Gasteiger partial charge in [-0.05, 0) is 63.1 Å². The van der Waals surface area contributed by atoms with Gasteiger partial charge in [-0.15, -0.1) is 0 Å². The summed E-state index contributed by atoms with van der Waals surface area (Å²) in [5.41, 5.74) is 3.14. The number of alkyl halides is 3. The standard InChI is InChI=1S/C22H30N4O3S.C2HF3O2/c1-15(2)24-22(27)18-7-8-20(26-11-9-23-10-12-26)19(14-18)25-30(28,29)21-13-16(3)5-6-17(21)4;3-2(4,5)1(6)7/h5-8,13-15,23,25H,9-12H2,1-4H3,(H,24,27);(H,6,7). The number of nitrogens with zero attached hydrogens (tertiary/aromatic N) is 1. The van der Waals surface area contributed by atoms with Crippen LogP contribution in [0.5, 0.6) is 0 Å². The van der Waals surface area contributed by atoms with E-state index in [0.717, 1.165) is 37.4 Å². The van der Waals surface area contributed by atoms with Gasteiger partial charge >= 0.3 is 12.1 Å². The Hall–Kier alpha value is -3.32. The van der Waals surface area contributed by atoms with Crippen molar-refractivity contribution in [1.82, 2.24) is 10.6 Å². The van der Waals surface area contributed by atoms with Gasteiger partial charge in [-0.3, -0.25) is 9.52 Å². The number of aryl methyl sites for hydroxylation is 2. The summed E-state index contributed by atoms with van der Waals surface area (Å²) in [4.78, 5) is 23.8. The summed E-state index contributed by atoms with van der Waals surface area (Å²) in [7, 11) is -3.82. The molecule has 2 aromatic carbocycles. The fourth-order valence-corrected chi connectivity index (χ4v) is 4.88. The van der Waals surface area contributed by atoms with Crippen LogP contribution in [0, 0.1) is 13.8 Å². The highest BCUT2D eigenvalue weighted by molar-refractivity contribution is 7.92. The number of hydrogen-bond donors (Lipinski definition) is 4. The number of halogens is 3.